The van der Waals surface area contributed by atoms with Gasteiger partial charge in [0.2, 0.25) is 0 Å². The zero-order valence-corrected chi connectivity index (χ0v) is 13.3. The number of nitrogens with zero attached hydrogens (tertiary/aromatic N) is 2. The van der Waals surface area contributed by atoms with Crippen LogP contribution in [0.3, 0.4) is 0 Å². The Balaban J connectivity index is 1.96. The molecule has 112 valence electrons. The number of benzene rings is 1. The summed E-state index contributed by atoms with van der Waals surface area (Å²) in [5.41, 5.74) is 1.76. The maximum atomic E-state index is 9.30. The molecule has 0 aliphatic carbocycles. The number of pyridine rings is 1. The normalized spacial score (nSPS) is 11.3. The van der Waals surface area contributed by atoms with Crippen LogP contribution in [0.5, 0.6) is 0 Å². The van der Waals surface area contributed by atoms with Crippen LogP contribution in [-0.4, -0.2) is 4.98 Å². The molecular formula is C18H10Cl2N2O. The first-order chi connectivity index (χ1) is 11.2. The van der Waals surface area contributed by atoms with Gasteiger partial charge in [0.05, 0.1) is 16.3 Å². The van der Waals surface area contributed by atoms with E-state index < -0.39 is 0 Å². The van der Waals surface area contributed by atoms with E-state index in [-0.39, 0.29) is 0 Å². The molecule has 0 bridgehead atoms. The van der Waals surface area contributed by atoms with Crippen molar-refractivity contribution >= 4 is 34.9 Å². The number of allylic oxidation sites excluding steroid dienone is 1. The molecule has 0 fully saturated rings. The van der Waals surface area contributed by atoms with Gasteiger partial charge < -0.3 is 4.42 Å². The first-order valence-electron chi connectivity index (χ1n) is 6.76. The fourth-order valence-electron chi connectivity index (χ4n) is 2.09. The summed E-state index contributed by atoms with van der Waals surface area (Å²) in [6.07, 6.45) is 3.29. The van der Waals surface area contributed by atoms with Crippen LogP contribution in [0.2, 0.25) is 10.0 Å². The molecular weight excluding hydrogens is 331 g/mol. The zero-order valence-electron chi connectivity index (χ0n) is 11.8. The fraction of sp³-hybridized carbons (Fsp3) is 0. The Morgan fingerprint density at radius 2 is 2.00 bits per heavy atom. The van der Waals surface area contributed by atoms with Gasteiger partial charge >= 0.3 is 0 Å². The van der Waals surface area contributed by atoms with Crippen molar-refractivity contribution in [2.75, 3.05) is 0 Å². The minimum Gasteiger partial charge on any atom is -0.457 e. The van der Waals surface area contributed by atoms with Gasteiger partial charge in [0.1, 0.15) is 17.6 Å². The average molecular weight is 341 g/mol. The summed E-state index contributed by atoms with van der Waals surface area (Å²) in [6, 6.07) is 16.3. The molecule has 2 aromatic heterocycles. The number of rotatable bonds is 3. The maximum Gasteiger partial charge on any atom is 0.136 e. The lowest BCUT2D eigenvalue weighted by atomic mass is 10.1. The molecule has 5 heteroatoms. The fourth-order valence-corrected chi connectivity index (χ4v) is 2.59. The Labute approximate surface area is 143 Å². The van der Waals surface area contributed by atoms with Crippen molar-refractivity contribution in [2.45, 2.75) is 0 Å². The van der Waals surface area contributed by atoms with Crippen LogP contribution in [0.15, 0.2) is 59.1 Å². The van der Waals surface area contributed by atoms with Crippen molar-refractivity contribution in [2.24, 2.45) is 0 Å². The molecule has 2 heterocycles. The number of hydrogen-bond donors (Lipinski definition) is 0. The highest BCUT2D eigenvalue weighted by Crippen LogP contribution is 2.32. The zero-order chi connectivity index (χ0) is 16.2. The highest BCUT2D eigenvalue weighted by atomic mass is 35.5. The van der Waals surface area contributed by atoms with E-state index in [1.807, 2.05) is 6.07 Å². The average Bonchev–Trinajstić information content (AvgIpc) is 3.01. The lowest BCUT2D eigenvalue weighted by Gasteiger charge is -2.01. The number of aromatic nitrogens is 1. The van der Waals surface area contributed by atoms with E-state index in [0.717, 1.165) is 5.56 Å². The van der Waals surface area contributed by atoms with Gasteiger partial charge in [-0.05, 0) is 42.5 Å². The van der Waals surface area contributed by atoms with Gasteiger partial charge in [-0.3, -0.25) is 4.98 Å². The largest absolute Gasteiger partial charge is 0.457 e. The molecule has 23 heavy (non-hydrogen) atoms. The lowest BCUT2D eigenvalue weighted by Crippen LogP contribution is -1.85. The SMILES string of the molecule is N#C/C(=C\c1ccc(-c2ccc(Cl)cc2Cl)o1)c1ccccn1. The Morgan fingerprint density at radius 1 is 1.13 bits per heavy atom. The highest BCUT2D eigenvalue weighted by molar-refractivity contribution is 6.36. The van der Waals surface area contributed by atoms with Crippen LogP contribution in [0.4, 0.5) is 0 Å². The first-order valence-corrected chi connectivity index (χ1v) is 7.51. The van der Waals surface area contributed by atoms with Gasteiger partial charge in [-0.15, -0.1) is 0 Å². The molecule has 0 spiro atoms. The van der Waals surface area contributed by atoms with E-state index in [9.17, 15) is 5.26 Å². The van der Waals surface area contributed by atoms with Gasteiger partial charge in [0, 0.05) is 22.9 Å². The Morgan fingerprint density at radius 3 is 2.70 bits per heavy atom. The van der Waals surface area contributed by atoms with Crippen molar-refractivity contribution < 1.29 is 4.42 Å². The minimum atomic E-state index is 0.425. The summed E-state index contributed by atoms with van der Waals surface area (Å²) < 4.78 is 5.76. The van der Waals surface area contributed by atoms with Crippen LogP contribution in [-0.2, 0) is 0 Å². The van der Waals surface area contributed by atoms with Crippen molar-refractivity contribution in [1.82, 2.24) is 4.98 Å². The quantitative estimate of drug-likeness (QED) is 0.573. The minimum absolute atomic E-state index is 0.425. The highest BCUT2D eigenvalue weighted by Gasteiger charge is 2.10. The second-order valence-corrected chi connectivity index (χ2v) is 5.55. The van der Waals surface area contributed by atoms with E-state index in [4.69, 9.17) is 27.6 Å². The summed E-state index contributed by atoms with van der Waals surface area (Å²) in [5.74, 6) is 1.16. The molecule has 0 N–H and O–H groups in total. The van der Waals surface area contributed by atoms with Crippen molar-refractivity contribution in [1.29, 1.82) is 5.26 Å². The third-order valence-electron chi connectivity index (χ3n) is 3.17. The lowest BCUT2D eigenvalue weighted by molar-refractivity contribution is 0.572. The van der Waals surface area contributed by atoms with Crippen LogP contribution >= 0.6 is 23.2 Å². The van der Waals surface area contributed by atoms with Crippen LogP contribution < -0.4 is 0 Å². The number of halogens is 2. The molecule has 0 atom stereocenters. The van der Waals surface area contributed by atoms with Crippen molar-refractivity contribution in [3.8, 4) is 17.4 Å². The molecule has 0 unspecified atom stereocenters. The summed E-state index contributed by atoms with van der Waals surface area (Å²) >= 11 is 12.1. The van der Waals surface area contributed by atoms with Crippen LogP contribution in [0.1, 0.15) is 11.5 Å². The standard InChI is InChI=1S/C18H10Cl2N2O/c19-13-4-6-15(16(20)10-13)18-7-5-14(23-18)9-12(11-21)17-3-1-2-8-22-17/h1-10H/b12-9+. The van der Waals surface area contributed by atoms with Crippen molar-refractivity contribution in [3.63, 3.8) is 0 Å². The van der Waals surface area contributed by atoms with E-state index >= 15 is 0 Å². The Kier molecular flexibility index (Phi) is 4.47. The van der Waals surface area contributed by atoms with Gasteiger partial charge in [-0.2, -0.15) is 5.26 Å². The smallest absolute Gasteiger partial charge is 0.136 e. The Bertz CT molecular complexity index is 908. The summed E-state index contributed by atoms with van der Waals surface area (Å²) in [6.45, 7) is 0. The van der Waals surface area contributed by atoms with Crippen molar-refractivity contribution in [3.05, 3.63) is 76.2 Å². The summed E-state index contributed by atoms with van der Waals surface area (Å²) in [5, 5.41) is 10.4. The van der Waals surface area contributed by atoms with Gasteiger partial charge in [-0.1, -0.05) is 29.3 Å². The monoisotopic (exact) mass is 340 g/mol. The molecule has 1 aromatic carbocycles. The molecule has 0 radical (unpaired) electrons. The predicted octanol–water partition coefficient (Wildman–Crippen LogP) is 5.71. The second kappa shape index (κ2) is 6.70. The van der Waals surface area contributed by atoms with Gasteiger partial charge in [0.25, 0.3) is 0 Å². The molecule has 3 nitrogen and oxygen atoms in total. The van der Waals surface area contributed by atoms with E-state index in [1.165, 1.54) is 0 Å². The molecule has 3 aromatic rings. The predicted molar refractivity (Wildman–Crippen MR) is 91.9 cm³/mol. The van der Waals surface area contributed by atoms with Gasteiger partial charge in [0.15, 0.2) is 0 Å². The third kappa shape index (κ3) is 3.45. The second-order valence-electron chi connectivity index (χ2n) is 4.71. The van der Waals surface area contributed by atoms with Crippen LogP contribution in [0, 0.1) is 11.3 Å². The van der Waals surface area contributed by atoms with Gasteiger partial charge in [-0.25, -0.2) is 0 Å². The maximum absolute atomic E-state index is 9.30. The molecule has 0 saturated heterocycles. The molecule has 0 aliphatic rings. The topological polar surface area (TPSA) is 49.8 Å². The molecule has 0 saturated carbocycles. The third-order valence-corrected chi connectivity index (χ3v) is 3.72. The van der Waals surface area contributed by atoms with E-state index in [1.54, 1.807) is 54.7 Å². The number of hydrogen-bond acceptors (Lipinski definition) is 3. The van der Waals surface area contributed by atoms with E-state index in [0.29, 0.717) is 32.8 Å². The number of furan rings is 1. The van der Waals surface area contributed by atoms with E-state index in [2.05, 4.69) is 11.1 Å². The van der Waals surface area contributed by atoms with Crippen LogP contribution in [0.25, 0.3) is 23.0 Å². The number of nitriles is 1. The molecule has 3 rings (SSSR count). The summed E-state index contributed by atoms with van der Waals surface area (Å²) in [7, 11) is 0. The Hall–Kier alpha value is -2.54. The summed E-state index contributed by atoms with van der Waals surface area (Å²) in [4.78, 5) is 4.17. The molecule has 0 aliphatic heterocycles. The molecule has 0 amide bonds. The first kappa shape index (κ1) is 15.4.